The normalized spacial score (nSPS) is 15.2. The van der Waals surface area contributed by atoms with Crippen molar-refractivity contribution in [1.82, 2.24) is 20.5 Å². The summed E-state index contributed by atoms with van der Waals surface area (Å²) in [5, 5.41) is 6.17. The molecule has 0 radical (unpaired) electrons. The van der Waals surface area contributed by atoms with Gasteiger partial charge in [0.2, 0.25) is 5.91 Å². The number of likely N-dealkylation sites (tertiary alicyclic amines) is 1. The number of amides is 1. The molecule has 1 aromatic heterocycles. The number of carbonyl (C=O) groups excluding carboxylic acids is 1. The highest BCUT2D eigenvalue weighted by Gasteiger charge is 2.17. The van der Waals surface area contributed by atoms with Crippen molar-refractivity contribution in [2.24, 2.45) is 4.99 Å². The lowest BCUT2D eigenvalue weighted by Crippen LogP contribution is -2.43. The van der Waals surface area contributed by atoms with Crippen molar-refractivity contribution in [2.75, 3.05) is 26.7 Å². The summed E-state index contributed by atoms with van der Waals surface area (Å²) in [6, 6.07) is 5.76. The summed E-state index contributed by atoms with van der Waals surface area (Å²) >= 11 is 0. The van der Waals surface area contributed by atoms with Crippen LogP contribution in [0.25, 0.3) is 0 Å². The molecule has 6 heteroatoms. The Labute approximate surface area is 119 Å². The van der Waals surface area contributed by atoms with Gasteiger partial charge in [-0.25, -0.2) is 0 Å². The molecule has 1 saturated heterocycles. The minimum atomic E-state index is 0.128. The Bertz CT molecular complexity index is 454. The number of guanidine groups is 1. The molecule has 0 saturated carbocycles. The Morgan fingerprint density at radius 2 is 2.15 bits per heavy atom. The van der Waals surface area contributed by atoms with Crippen molar-refractivity contribution in [3.63, 3.8) is 0 Å². The van der Waals surface area contributed by atoms with Crippen LogP contribution in [0.1, 0.15) is 18.5 Å². The second-order valence-corrected chi connectivity index (χ2v) is 4.69. The lowest BCUT2D eigenvalue weighted by Gasteiger charge is -2.17. The molecule has 2 rings (SSSR count). The van der Waals surface area contributed by atoms with Crippen LogP contribution in [0.2, 0.25) is 0 Å². The molecule has 20 heavy (non-hydrogen) atoms. The minimum Gasteiger partial charge on any atom is -0.351 e. The number of hydrogen-bond acceptors (Lipinski definition) is 3. The molecule has 0 aliphatic carbocycles. The molecule has 0 bridgehead atoms. The lowest BCUT2D eigenvalue weighted by atomic mass is 10.3. The van der Waals surface area contributed by atoms with E-state index in [1.807, 2.05) is 23.1 Å². The van der Waals surface area contributed by atoms with Crippen molar-refractivity contribution in [2.45, 2.75) is 19.4 Å². The van der Waals surface area contributed by atoms with Crippen LogP contribution in [0.15, 0.2) is 29.4 Å². The van der Waals surface area contributed by atoms with Crippen LogP contribution < -0.4 is 10.6 Å². The average Bonchev–Trinajstić information content (AvgIpc) is 3.02. The fourth-order valence-electron chi connectivity index (χ4n) is 2.14. The summed E-state index contributed by atoms with van der Waals surface area (Å²) < 4.78 is 0. The second-order valence-electron chi connectivity index (χ2n) is 4.69. The van der Waals surface area contributed by atoms with Crippen molar-refractivity contribution in [3.8, 4) is 0 Å². The monoisotopic (exact) mass is 275 g/mol. The van der Waals surface area contributed by atoms with Crippen LogP contribution in [0.4, 0.5) is 0 Å². The number of pyridine rings is 1. The van der Waals surface area contributed by atoms with Crippen LogP contribution in [-0.2, 0) is 11.3 Å². The van der Waals surface area contributed by atoms with E-state index in [0.29, 0.717) is 12.5 Å². The number of aliphatic imine (C=N–C) groups is 1. The van der Waals surface area contributed by atoms with Crippen molar-refractivity contribution in [1.29, 1.82) is 0 Å². The second kappa shape index (κ2) is 7.47. The smallest absolute Gasteiger partial charge is 0.241 e. The van der Waals surface area contributed by atoms with Gasteiger partial charge in [-0.05, 0) is 25.0 Å². The van der Waals surface area contributed by atoms with E-state index in [2.05, 4.69) is 20.6 Å². The maximum absolute atomic E-state index is 11.9. The van der Waals surface area contributed by atoms with Crippen molar-refractivity contribution in [3.05, 3.63) is 30.1 Å². The quantitative estimate of drug-likeness (QED) is 0.615. The van der Waals surface area contributed by atoms with Crippen LogP contribution >= 0.6 is 0 Å². The van der Waals surface area contributed by atoms with E-state index in [1.54, 1.807) is 13.2 Å². The van der Waals surface area contributed by atoms with Crippen LogP contribution in [-0.4, -0.2) is 48.4 Å². The largest absolute Gasteiger partial charge is 0.351 e. The van der Waals surface area contributed by atoms with E-state index in [4.69, 9.17) is 0 Å². The van der Waals surface area contributed by atoms with Gasteiger partial charge >= 0.3 is 0 Å². The molecule has 1 fully saturated rings. The SMILES string of the molecule is CN=C(NCC(=O)N1CCCC1)NCc1ccccn1. The van der Waals surface area contributed by atoms with Crippen molar-refractivity contribution < 1.29 is 4.79 Å². The van der Waals surface area contributed by atoms with Gasteiger partial charge in [-0.1, -0.05) is 6.07 Å². The highest BCUT2D eigenvalue weighted by Crippen LogP contribution is 2.06. The highest BCUT2D eigenvalue weighted by molar-refractivity contribution is 5.86. The van der Waals surface area contributed by atoms with Crippen LogP contribution in [0.3, 0.4) is 0 Å². The fourth-order valence-corrected chi connectivity index (χ4v) is 2.14. The highest BCUT2D eigenvalue weighted by atomic mass is 16.2. The number of carbonyl (C=O) groups is 1. The number of rotatable bonds is 4. The Balaban J connectivity index is 1.74. The number of nitrogens with zero attached hydrogens (tertiary/aromatic N) is 3. The molecule has 1 amide bonds. The number of aromatic nitrogens is 1. The summed E-state index contributed by atoms with van der Waals surface area (Å²) in [5.41, 5.74) is 0.932. The fraction of sp³-hybridized carbons (Fsp3) is 0.500. The molecule has 108 valence electrons. The van der Waals surface area contributed by atoms with E-state index >= 15 is 0 Å². The molecule has 0 spiro atoms. The van der Waals surface area contributed by atoms with E-state index < -0.39 is 0 Å². The summed E-state index contributed by atoms with van der Waals surface area (Å²) in [7, 11) is 1.69. The van der Waals surface area contributed by atoms with Gasteiger partial charge in [0.05, 0.1) is 18.8 Å². The lowest BCUT2D eigenvalue weighted by molar-refractivity contribution is -0.128. The molecule has 0 atom stereocenters. The predicted molar refractivity (Wildman–Crippen MR) is 78.3 cm³/mol. The topological polar surface area (TPSA) is 69.6 Å². The van der Waals surface area contributed by atoms with Crippen molar-refractivity contribution >= 4 is 11.9 Å². The van der Waals surface area contributed by atoms with Gasteiger partial charge in [0, 0.05) is 26.3 Å². The number of nitrogens with one attached hydrogen (secondary N) is 2. The molecule has 2 heterocycles. The Hall–Kier alpha value is -2.11. The maximum Gasteiger partial charge on any atom is 0.241 e. The Morgan fingerprint density at radius 3 is 2.80 bits per heavy atom. The van der Waals surface area contributed by atoms with E-state index in [0.717, 1.165) is 31.6 Å². The van der Waals surface area contributed by atoms with E-state index in [-0.39, 0.29) is 12.5 Å². The molecule has 0 unspecified atom stereocenters. The third kappa shape index (κ3) is 4.22. The third-order valence-corrected chi connectivity index (χ3v) is 3.25. The molecular formula is C14H21N5O. The van der Waals surface area contributed by atoms with Gasteiger partial charge in [-0.15, -0.1) is 0 Å². The zero-order valence-electron chi connectivity index (χ0n) is 11.8. The Kier molecular flexibility index (Phi) is 5.34. The Morgan fingerprint density at radius 1 is 1.35 bits per heavy atom. The van der Waals surface area contributed by atoms with Gasteiger partial charge in [0.1, 0.15) is 0 Å². The first-order chi connectivity index (χ1) is 9.79. The maximum atomic E-state index is 11.9. The summed E-state index contributed by atoms with van der Waals surface area (Å²) in [6.45, 7) is 2.61. The molecule has 6 nitrogen and oxygen atoms in total. The minimum absolute atomic E-state index is 0.128. The zero-order chi connectivity index (χ0) is 14.2. The van der Waals surface area contributed by atoms with E-state index in [1.165, 1.54) is 0 Å². The zero-order valence-corrected chi connectivity index (χ0v) is 11.8. The molecule has 0 aromatic carbocycles. The van der Waals surface area contributed by atoms with E-state index in [9.17, 15) is 4.79 Å². The van der Waals surface area contributed by atoms with Crippen LogP contribution in [0.5, 0.6) is 0 Å². The third-order valence-electron chi connectivity index (χ3n) is 3.25. The van der Waals surface area contributed by atoms with Gasteiger partial charge < -0.3 is 15.5 Å². The summed E-state index contributed by atoms with van der Waals surface area (Å²) in [5.74, 6) is 0.742. The molecular weight excluding hydrogens is 254 g/mol. The molecule has 1 aliphatic rings. The first-order valence-corrected chi connectivity index (χ1v) is 6.92. The molecule has 1 aliphatic heterocycles. The van der Waals surface area contributed by atoms with Gasteiger partial charge in [0.15, 0.2) is 5.96 Å². The first kappa shape index (κ1) is 14.3. The predicted octanol–water partition coefficient (Wildman–Crippen LogP) is 0.369. The average molecular weight is 275 g/mol. The summed E-state index contributed by atoms with van der Waals surface area (Å²) in [6.07, 6.45) is 3.97. The molecule has 1 aromatic rings. The number of hydrogen-bond donors (Lipinski definition) is 2. The van der Waals surface area contributed by atoms with Gasteiger partial charge in [-0.3, -0.25) is 14.8 Å². The summed E-state index contributed by atoms with van der Waals surface area (Å²) in [4.78, 5) is 22.1. The van der Waals surface area contributed by atoms with Gasteiger partial charge in [-0.2, -0.15) is 0 Å². The van der Waals surface area contributed by atoms with Gasteiger partial charge in [0.25, 0.3) is 0 Å². The first-order valence-electron chi connectivity index (χ1n) is 6.92. The molecule has 2 N–H and O–H groups in total. The standard InChI is InChI=1S/C14H21N5O/c1-15-14(17-10-12-6-2-3-7-16-12)18-11-13(20)19-8-4-5-9-19/h2-3,6-7H,4-5,8-11H2,1H3,(H2,15,17,18). The van der Waals surface area contributed by atoms with Crippen LogP contribution in [0, 0.1) is 0 Å².